The Kier molecular flexibility index (Phi) is 6.86. The number of aryl methyl sites for hydroxylation is 2. The van der Waals surface area contributed by atoms with Gasteiger partial charge in [-0.15, -0.1) is 22.7 Å². The fraction of sp³-hybridized carbons (Fsp3) is 0.286. The number of anilines is 1. The van der Waals surface area contributed by atoms with Crippen molar-refractivity contribution in [2.24, 2.45) is 0 Å². The van der Waals surface area contributed by atoms with Gasteiger partial charge in [-0.05, 0) is 19.9 Å². The Morgan fingerprint density at radius 1 is 1.04 bits per heavy atom. The molecule has 8 nitrogen and oxygen atoms in total. The van der Waals surface area contributed by atoms with Crippen LogP contribution in [-0.2, 0) is 9.47 Å². The number of nitrogens with zero attached hydrogens (tertiary/aromatic N) is 1. The lowest BCUT2D eigenvalue weighted by atomic mass is 10.4. The second-order valence-corrected chi connectivity index (χ2v) is 6.93. The van der Waals surface area contributed by atoms with Crippen molar-refractivity contribution >= 4 is 46.0 Å². The number of hydrogen-bond acceptors (Lipinski definition) is 9. The number of methoxy groups -OCH3 is 2. The zero-order chi connectivity index (χ0) is 18.4. The van der Waals surface area contributed by atoms with Gasteiger partial charge in [0.15, 0.2) is 0 Å². The van der Waals surface area contributed by atoms with E-state index < -0.39 is 10.9 Å². The fourth-order valence-corrected chi connectivity index (χ4v) is 3.32. The Morgan fingerprint density at radius 3 is 1.83 bits per heavy atom. The standard InChI is InChI=1S/C7H7NO4S.C7H9NO2S/c1-4-5(8(10)11)3-6(13-4)7(9)12-2;1-4-5(8)3-6(11-4)7(9)10-2/h3H,1-2H3;3H,8H2,1-2H3. The van der Waals surface area contributed by atoms with E-state index in [4.69, 9.17) is 5.73 Å². The van der Waals surface area contributed by atoms with Crippen molar-refractivity contribution in [1.29, 1.82) is 0 Å². The van der Waals surface area contributed by atoms with Crippen molar-refractivity contribution in [2.45, 2.75) is 13.8 Å². The monoisotopic (exact) mass is 372 g/mol. The fourth-order valence-electron chi connectivity index (χ4n) is 1.55. The lowest BCUT2D eigenvalue weighted by Gasteiger charge is -1.90. The number of thiophene rings is 2. The Labute approximate surface area is 146 Å². The van der Waals surface area contributed by atoms with Crippen molar-refractivity contribution < 1.29 is 24.0 Å². The molecule has 130 valence electrons. The molecule has 2 aromatic rings. The van der Waals surface area contributed by atoms with Crippen molar-refractivity contribution in [3.05, 3.63) is 41.8 Å². The number of carbonyl (C=O) groups is 2. The van der Waals surface area contributed by atoms with Crippen molar-refractivity contribution in [1.82, 2.24) is 0 Å². The summed E-state index contributed by atoms with van der Waals surface area (Å²) in [6.45, 7) is 3.46. The summed E-state index contributed by atoms with van der Waals surface area (Å²) in [6, 6.07) is 2.86. The maximum Gasteiger partial charge on any atom is 0.348 e. The van der Waals surface area contributed by atoms with Gasteiger partial charge in [-0.25, -0.2) is 9.59 Å². The summed E-state index contributed by atoms with van der Waals surface area (Å²) in [5.74, 6) is -0.865. The van der Waals surface area contributed by atoms with Crippen LogP contribution in [0.1, 0.15) is 29.1 Å². The van der Waals surface area contributed by atoms with E-state index in [2.05, 4.69) is 9.47 Å². The molecule has 0 aliphatic rings. The van der Waals surface area contributed by atoms with Gasteiger partial charge in [0.1, 0.15) is 9.75 Å². The van der Waals surface area contributed by atoms with Crippen LogP contribution in [0, 0.1) is 24.0 Å². The van der Waals surface area contributed by atoms with E-state index in [0.717, 1.165) is 16.2 Å². The molecule has 2 N–H and O–H groups in total. The van der Waals surface area contributed by atoms with E-state index in [-0.39, 0.29) is 16.5 Å². The molecule has 0 saturated carbocycles. The molecular formula is C14H16N2O6S2. The molecule has 0 bridgehead atoms. The average molecular weight is 372 g/mol. The van der Waals surface area contributed by atoms with Crippen LogP contribution in [0.25, 0.3) is 0 Å². The molecule has 0 spiro atoms. The summed E-state index contributed by atoms with van der Waals surface area (Å²) in [7, 11) is 2.59. The molecule has 2 rings (SSSR count). The van der Waals surface area contributed by atoms with Gasteiger partial charge in [-0.1, -0.05) is 0 Å². The summed E-state index contributed by atoms with van der Waals surface area (Å²) in [5.41, 5.74) is 6.15. The molecule has 0 saturated heterocycles. The summed E-state index contributed by atoms with van der Waals surface area (Å²) < 4.78 is 8.95. The highest BCUT2D eigenvalue weighted by Gasteiger charge is 2.19. The van der Waals surface area contributed by atoms with E-state index in [1.165, 1.54) is 31.6 Å². The van der Waals surface area contributed by atoms with E-state index >= 15 is 0 Å². The molecule has 24 heavy (non-hydrogen) atoms. The number of nitrogens with two attached hydrogens (primary N) is 1. The second-order valence-electron chi connectivity index (χ2n) is 4.41. The Bertz CT molecular complexity index is 746. The van der Waals surface area contributed by atoms with Crippen LogP contribution in [0.3, 0.4) is 0 Å². The number of nitrogen functional groups attached to an aromatic ring is 1. The van der Waals surface area contributed by atoms with Crippen LogP contribution in [0.15, 0.2) is 12.1 Å². The summed E-state index contributed by atoms with van der Waals surface area (Å²) in [4.78, 5) is 34.0. The van der Waals surface area contributed by atoms with Crippen LogP contribution < -0.4 is 5.73 Å². The van der Waals surface area contributed by atoms with Crippen molar-refractivity contribution in [3.8, 4) is 0 Å². The Morgan fingerprint density at radius 2 is 1.50 bits per heavy atom. The van der Waals surface area contributed by atoms with Crippen molar-refractivity contribution in [3.63, 3.8) is 0 Å². The first-order valence-corrected chi connectivity index (χ1v) is 8.11. The molecule has 10 heteroatoms. The third-order valence-corrected chi connectivity index (χ3v) is 4.88. The predicted octanol–water partition coefficient (Wildman–Crippen LogP) is 3.18. The third kappa shape index (κ3) is 4.77. The minimum Gasteiger partial charge on any atom is -0.465 e. The molecule has 0 amide bonds. The summed E-state index contributed by atoms with van der Waals surface area (Å²) in [5, 5.41) is 10.4. The molecule has 0 aliphatic heterocycles. The maximum atomic E-state index is 11.0. The van der Waals surface area contributed by atoms with Crippen LogP contribution in [0.2, 0.25) is 0 Å². The minimum absolute atomic E-state index is 0.0367. The highest BCUT2D eigenvalue weighted by atomic mass is 32.1. The highest BCUT2D eigenvalue weighted by Crippen LogP contribution is 2.28. The summed E-state index contributed by atoms with van der Waals surface area (Å²) >= 11 is 2.41. The van der Waals surface area contributed by atoms with Gasteiger partial charge in [-0.3, -0.25) is 10.1 Å². The van der Waals surface area contributed by atoms with Crippen LogP contribution in [-0.4, -0.2) is 31.1 Å². The third-order valence-electron chi connectivity index (χ3n) is 2.82. The second kappa shape index (κ2) is 8.41. The topological polar surface area (TPSA) is 122 Å². The largest absolute Gasteiger partial charge is 0.465 e. The Balaban J connectivity index is 0.000000243. The zero-order valence-electron chi connectivity index (χ0n) is 13.4. The van der Waals surface area contributed by atoms with Gasteiger partial charge >= 0.3 is 11.9 Å². The van der Waals surface area contributed by atoms with Gasteiger partial charge in [0.25, 0.3) is 5.69 Å². The zero-order valence-corrected chi connectivity index (χ0v) is 15.1. The first-order valence-electron chi connectivity index (χ1n) is 6.48. The van der Waals surface area contributed by atoms with E-state index in [1.807, 2.05) is 6.92 Å². The first-order chi connectivity index (χ1) is 11.2. The molecule has 2 aromatic heterocycles. The molecule has 0 radical (unpaired) electrons. The van der Waals surface area contributed by atoms with Crippen molar-refractivity contribution in [2.75, 3.05) is 20.0 Å². The smallest absolute Gasteiger partial charge is 0.348 e. The van der Waals surface area contributed by atoms with Gasteiger partial charge in [0.05, 0.1) is 24.0 Å². The number of ether oxygens (including phenoxy) is 2. The van der Waals surface area contributed by atoms with Gasteiger partial charge < -0.3 is 15.2 Å². The maximum absolute atomic E-state index is 11.0. The van der Waals surface area contributed by atoms with Crippen LogP contribution in [0.5, 0.6) is 0 Å². The molecule has 0 aromatic carbocycles. The van der Waals surface area contributed by atoms with Gasteiger partial charge in [-0.2, -0.15) is 0 Å². The van der Waals surface area contributed by atoms with E-state index in [9.17, 15) is 19.7 Å². The van der Waals surface area contributed by atoms with Gasteiger partial charge in [0.2, 0.25) is 0 Å². The van der Waals surface area contributed by atoms with Gasteiger partial charge in [0, 0.05) is 16.6 Å². The molecule has 2 heterocycles. The van der Waals surface area contributed by atoms with Crippen LogP contribution >= 0.6 is 22.7 Å². The lowest BCUT2D eigenvalue weighted by molar-refractivity contribution is -0.385. The van der Waals surface area contributed by atoms with E-state index in [1.54, 1.807) is 13.0 Å². The highest BCUT2D eigenvalue weighted by molar-refractivity contribution is 7.14. The van der Waals surface area contributed by atoms with E-state index in [0.29, 0.717) is 15.4 Å². The number of carbonyl (C=O) groups excluding carboxylic acids is 2. The average Bonchev–Trinajstić information content (AvgIpc) is 3.09. The first kappa shape index (κ1) is 19.6. The normalized spacial score (nSPS) is 9.67. The molecular weight excluding hydrogens is 356 g/mol. The molecule has 0 atom stereocenters. The predicted molar refractivity (Wildman–Crippen MR) is 91.9 cm³/mol. The molecule has 0 unspecified atom stereocenters. The SMILES string of the molecule is COC(=O)c1cc(N)c(C)s1.COC(=O)c1cc([N+](=O)[O-])c(C)s1. The molecule has 0 fully saturated rings. The Hall–Kier alpha value is -2.46. The van der Waals surface area contributed by atoms with Crippen LogP contribution in [0.4, 0.5) is 11.4 Å². The molecule has 0 aliphatic carbocycles. The number of hydrogen-bond donors (Lipinski definition) is 1. The number of esters is 2. The summed E-state index contributed by atoms with van der Waals surface area (Å²) in [6.07, 6.45) is 0. The number of nitro groups is 1. The minimum atomic E-state index is -0.541. The lowest BCUT2D eigenvalue weighted by Crippen LogP contribution is -1.97. The number of rotatable bonds is 3. The quantitative estimate of drug-likeness (QED) is 0.499.